The molecule has 1 N–H and O–H groups in total. The summed E-state index contributed by atoms with van der Waals surface area (Å²) in [6.45, 7) is 6.84. The van der Waals surface area contributed by atoms with Crippen LogP contribution in [0.3, 0.4) is 0 Å². The first-order valence-electron chi connectivity index (χ1n) is 18.3. The predicted molar refractivity (Wildman–Crippen MR) is 164 cm³/mol. The summed E-state index contributed by atoms with van der Waals surface area (Å²) in [4.78, 5) is 40.4. The molecule has 8 aliphatic rings. The molecule has 8 saturated carbocycles. The summed E-state index contributed by atoms with van der Waals surface area (Å²) in [5.41, 5.74) is 0.272. The van der Waals surface area contributed by atoms with Gasteiger partial charge in [-0.1, -0.05) is 20.8 Å². The van der Waals surface area contributed by atoms with Gasteiger partial charge >= 0.3 is 17.9 Å². The third-order valence-corrected chi connectivity index (χ3v) is 14.9. The molecule has 0 spiro atoms. The van der Waals surface area contributed by atoms with E-state index in [1.165, 1.54) is 57.8 Å². The lowest BCUT2D eigenvalue weighted by atomic mass is 9.49. The number of carbonyl (C=O) groups excluding carboxylic acids is 2. The van der Waals surface area contributed by atoms with Crippen molar-refractivity contribution in [3.05, 3.63) is 0 Å². The number of hydrogen-bond acceptors (Lipinski definition) is 6. The molecule has 8 aliphatic carbocycles. The van der Waals surface area contributed by atoms with E-state index in [4.69, 9.17) is 14.2 Å². The number of hydrogen-bond donors (Lipinski definition) is 1. The molecular formula is C37H56O7. The van der Waals surface area contributed by atoms with Crippen LogP contribution in [0.15, 0.2) is 0 Å². The third-order valence-electron chi connectivity index (χ3n) is 14.9. The molecule has 0 aromatic heterocycles. The number of fused-ring (bicyclic) bond motifs is 4. The van der Waals surface area contributed by atoms with Crippen LogP contribution in [0, 0.1) is 88.3 Å². The normalized spacial score (nSPS) is 44.9. The van der Waals surface area contributed by atoms with Gasteiger partial charge in [0, 0.05) is 0 Å². The summed E-state index contributed by atoms with van der Waals surface area (Å²) in [6, 6.07) is 0. The Morgan fingerprint density at radius 1 is 0.773 bits per heavy atom. The molecule has 0 aromatic carbocycles. The molecule has 11 unspecified atom stereocenters. The van der Waals surface area contributed by atoms with Gasteiger partial charge in [-0.25, -0.2) is 0 Å². The minimum absolute atomic E-state index is 0.0747. The molecule has 0 radical (unpaired) electrons. The van der Waals surface area contributed by atoms with Crippen molar-refractivity contribution in [3.63, 3.8) is 0 Å². The van der Waals surface area contributed by atoms with Crippen molar-refractivity contribution < 1.29 is 33.7 Å². The van der Waals surface area contributed by atoms with Gasteiger partial charge in [-0.15, -0.1) is 0 Å². The number of carbonyl (C=O) groups is 3. The van der Waals surface area contributed by atoms with Crippen LogP contribution < -0.4 is 0 Å². The first-order chi connectivity index (χ1) is 21.1. The van der Waals surface area contributed by atoms with E-state index < -0.39 is 35.7 Å². The van der Waals surface area contributed by atoms with Crippen molar-refractivity contribution in [3.8, 4) is 0 Å². The number of rotatable bonds is 13. The average Bonchev–Trinajstić information content (AvgIpc) is 3.76. The van der Waals surface area contributed by atoms with Crippen molar-refractivity contribution in [2.24, 2.45) is 88.3 Å². The number of carboxylic acid groups (broad SMARTS) is 1. The quantitative estimate of drug-likeness (QED) is 0.136. The highest BCUT2D eigenvalue weighted by Crippen LogP contribution is 2.61. The number of esters is 2. The van der Waals surface area contributed by atoms with Gasteiger partial charge in [-0.05, 0) is 154 Å². The van der Waals surface area contributed by atoms with Gasteiger partial charge in [0.25, 0.3) is 0 Å². The van der Waals surface area contributed by atoms with E-state index >= 15 is 0 Å². The van der Waals surface area contributed by atoms with Gasteiger partial charge < -0.3 is 19.3 Å². The van der Waals surface area contributed by atoms with E-state index in [1.54, 1.807) is 6.92 Å². The fraction of sp³-hybridized carbons (Fsp3) is 0.919. The molecular weight excluding hydrogens is 556 g/mol. The van der Waals surface area contributed by atoms with Gasteiger partial charge in [0.15, 0.2) is 6.79 Å². The van der Waals surface area contributed by atoms with E-state index in [1.807, 2.05) is 0 Å². The Hall–Kier alpha value is -1.63. The molecule has 8 fully saturated rings. The third kappa shape index (κ3) is 5.64. The minimum Gasteiger partial charge on any atom is -0.481 e. The van der Waals surface area contributed by atoms with E-state index in [9.17, 15) is 19.5 Å². The molecule has 7 nitrogen and oxygen atoms in total. The highest BCUT2D eigenvalue weighted by atomic mass is 16.7. The largest absolute Gasteiger partial charge is 0.481 e. The zero-order chi connectivity index (χ0) is 30.7. The van der Waals surface area contributed by atoms with Gasteiger partial charge in [-0.3, -0.25) is 14.4 Å². The molecule has 8 rings (SSSR count). The van der Waals surface area contributed by atoms with Crippen LogP contribution in [0.1, 0.15) is 104 Å². The Kier molecular flexibility index (Phi) is 8.59. The maximum atomic E-state index is 14.0. The second-order valence-corrected chi connectivity index (χ2v) is 17.1. The maximum absolute atomic E-state index is 14.0. The Morgan fingerprint density at radius 3 is 1.93 bits per heavy atom. The summed E-state index contributed by atoms with van der Waals surface area (Å²) in [5, 5.41) is 10.2. The minimum atomic E-state index is -1.07. The molecule has 8 bridgehead atoms. The SMILES string of the molecule is CC(C(=O)O)C(C(=O)OCCC12CC3CC(CC(C3)C1)C2)C(C(=O)OCOCC1C2CCC(C2)C1C)C1C2CCC(C2)C1C. The van der Waals surface area contributed by atoms with Crippen LogP contribution in [-0.4, -0.2) is 43.0 Å². The molecule has 0 aromatic rings. The smallest absolute Gasteiger partial charge is 0.312 e. The van der Waals surface area contributed by atoms with Gasteiger partial charge in [0.05, 0.1) is 31.0 Å². The first-order valence-corrected chi connectivity index (χ1v) is 18.3. The number of carboxylic acids is 1. The Morgan fingerprint density at radius 2 is 1.36 bits per heavy atom. The standard InChI is InChI=1S/C37H56O7/c1-20-26-4-6-28(13-26)30(20)18-42-19-44-36(41)33(31-21(2)27-5-7-29(31)14-27)32(22(3)34(38)39)35(40)43-9-8-37-15-23-10-24(16-37)12-25(11-23)17-37/h20-33H,4-19H2,1-3H3,(H,38,39). The maximum Gasteiger partial charge on any atom is 0.312 e. The van der Waals surface area contributed by atoms with Crippen molar-refractivity contribution >= 4 is 17.9 Å². The monoisotopic (exact) mass is 612 g/mol. The topological polar surface area (TPSA) is 99.1 Å². The van der Waals surface area contributed by atoms with Crippen LogP contribution in [-0.2, 0) is 28.6 Å². The van der Waals surface area contributed by atoms with E-state index in [2.05, 4.69) is 13.8 Å². The molecule has 7 heteroatoms. The average molecular weight is 613 g/mol. The first kappa shape index (κ1) is 31.0. The molecule has 44 heavy (non-hydrogen) atoms. The van der Waals surface area contributed by atoms with Crippen LogP contribution in [0.25, 0.3) is 0 Å². The molecule has 11 atom stereocenters. The Bertz CT molecular complexity index is 1060. The highest BCUT2D eigenvalue weighted by molar-refractivity contribution is 5.87. The second-order valence-electron chi connectivity index (χ2n) is 17.1. The van der Waals surface area contributed by atoms with Crippen molar-refractivity contribution in [2.75, 3.05) is 20.0 Å². The Labute approximate surface area is 263 Å². The van der Waals surface area contributed by atoms with Crippen LogP contribution >= 0.6 is 0 Å². The van der Waals surface area contributed by atoms with E-state index in [0.29, 0.717) is 42.8 Å². The summed E-state index contributed by atoms with van der Waals surface area (Å²) in [7, 11) is 0. The van der Waals surface area contributed by atoms with Crippen molar-refractivity contribution in [2.45, 2.75) is 104 Å². The molecule has 0 amide bonds. The summed E-state index contributed by atoms with van der Waals surface area (Å²) >= 11 is 0. The molecule has 246 valence electrons. The fourth-order valence-electron chi connectivity index (χ4n) is 13.0. The lowest BCUT2D eigenvalue weighted by molar-refractivity contribution is -0.179. The van der Waals surface area contributed by atoms with Gasteiger partial charge in [-0.2, -0.15) is 0 Å². The predicted octanol–water partition coefficient (Wildman–Crippen LogP) is 6.97. The molecule has 0 saturated heterocycles. The second kappa shape index (κ2) is 12.2. The zero-order valence-corrected chi connectivity index (χ0v) is 27.3. The zero-order valence-electron chi connectivity index (χ0n) is 27.3. The summed E-state index contributed by atoms with van der Waals surface area (Å²) < 4.78 is 17.8. The number of ether oxygens (including phenoxy) is 3. The summed E-state index contributed by atoms with van der Waals surface area (Å²) in [5.74, 6) is 1.12. The lowest BCUT2D eigenvalue weighted by Gasteiger charge is -2.57. The van der Waals surface area contributed by atoms with Crippen LogP contribution in [0.2, 0.25) is 0 Å². The van der Waals surface area contributed by atoms with E-state index in [0.717, 1.165) is 49.4 Å². The molecule has 0 heterocycles. The van der Waals surface area contributed by atoms with Gasteiger partial charge in [0.1, 0.15) is 0 Å². The van der Waals surface area contributed by atoms with Crippen LogP contribution in [0.5, 0.6) is 0 Å². The number of aliphatic carboxylic acids is 1. The lowest BCUT2D eigenvalue weighted by Crippen LogP contribution is -2.47. The summed E-state index contributed by atoms with van der Waals surface area (Å²) in [6.07, 6.45) is 15.8. The Balaban J connectivity index is 1.03. The van der Waals surface area contributed by atoms with E-state index in [-0.39, 0.29) is 24.0 Å². The fourth-order valence-corrected chi connectivity index (χ4v) is 13.0. The van der Waals surface area contributed by atoms with Crippen molar-refractivity contribution in [1.29, 1.82) is 0 Å². The van der Waals surface area contributed by atoms with Gasteiger partial charge in [0.2, 0.25) is 0 Å². The molecule has 0 aliphatic heterocycles. The van der Waals surface area contributed by atoms with Crippen molar-refractivity contribution in [1.82, 2.24) is 0 Å². The van der Waals surface area contributed by atoms with Crippen LogP contribution in [0.4, 0.5) is 0 Å². The highest BCUT2D eigenvalue weighted by Gasteiger charge is 2.56.